The molecule has 1 amide bonds. The number of pyridine rings is 1. The highest BCUT2D eigenvalue weighted by atomic mass is 79.9. The monoisotopic (exact) mass is 305 g/mol. The summed E-state index contributed by atoms with van der Waals surface area (Å²) in [7, 11) is 0. The van der Waals surface area contributed by atoms with Gasteiger partial charge in [-0.2, -0.15) is 0 Å². The van der Waals surface area contributed by atoms with Crippen LogP contribution in [-0.2, 0) is 11.2 Å². The van der Waals surface area contributed by atoms with Crippen LogP contribution in [0.5, 0.6) is 0 Å². The van der Waals surface area contributed by atoms with Gasteiger partial charge in [-0.3, -0.25) is 4.79 Å². The third-order valence-electron chi connectivity index (χ3n) is 2.31. The third-order valence-corrected chi connectivity index (χ3v) is 2.78. The van der Waals surface area contributed by atoms with Crippen LogP contribution < -0.4 is 11.1 Å². The van der Waals surface area contributed by atoms with Gasteiger partial charge in [-0.05, 0) is 45.8 Å². The van der Waals surface area contributed by atoms with E-state index >= 15 is 0 Å². The molecule has 0 saturated carbocycles. The maximum atomic E-state index is 11.8. The minimum atomic E-state index is -0.115. The molecule has 0 spiro atoms. The maximum absolute atomic E-state index is 11.8. The molecular formula is C13H12BrN3O. The van der Waals surface area contributed by atoms with Gasteiger partial charge < -0.3 is 11.1 Å². The Morgan fingerprint density at radius 2 is 2.17 bits per heavy atom. The second kappa shape index (κ2) is 5.64. The highest BCUT2D eigenvalue weighted by molar-refractivity contribution is 9.10. The second-order valence-electron chi connectivity index (χ2n) is 3.83. The molecule has 0 radical (unpaired) electrons. The van der Waals surface area contributed by atoms with E-state index < -0.39 is 0 Å². The molecule has 3 N–H and O–H groups in total. The lowest BCUT2D eigenvalue weighted by Gasteiger charge is -2.05. The van der Waals surface area contributed by atoms with Crippen molar-refractivity contribution in [3.8, 4) is 0 Å². The number of rotatable bonds is 3. The minimum Gasteiger partial charge on any atom is -0.399 e. The van der Waals surface area contributed by atoms with Gasteiger partial charge in [-0.15, -0.1) is 0 Å². The number of hydrogen-bond acceptors (Lipinski definition) is 3. The summed E-state index contributed by atoms with van der Waals surface area (Å²) in [5, 5.41) is 2.73. The van der Waals surface area contributed by atoms with Crippen molar-refractivity contribution in [3.05, 3.63) is 52.6 Å². The van der Waals surface area contributed by atoms with E-state index in [-0.39, 0.29) is 12.3 Å². The largest absolute Gasteiger partial charge is 0.399 e. The zero-order valence-electron chi connectivity index (χ0n) is 9.56. The fourth-order valence-corrected chi connectivity index (χ4v) is 1.76. The molecule has 0 unspecified atom stereocenters. The smallest absolute Gasteiger partial charge is 0.229 e. The summed E-state index contributed by atoms with van der Waals surface area (Å²) < 4.78 is 0.872. The lowest BCUT2D eigenvalue weighted by molar-refractivity contribution is -0.115. The van der Waals surface area contributed by atoms with Crippen LogP contribution in [0.15, 0.2) is 47.1 Å². The van der Waals surface area contributed by atoms with E-state index in [4.69, 9.17) is 5.73 Å². The SMILES string of the molecule is Nc1cccc(CC(=O)Nc2ccc(Br)cn2)c1. The Labute approximate surface area is 113 Å². The van der Waals surface area contributed by atoms with Crippen molar-refractivity contribution in [1.82, 2.24) is 4.98 Å². The zero-order chi connectivity index (χ0) is 13.0. The Morgan fingerprint density at radius 3 is 2.83 bits per heavy atom. The first kappa shape index (κ1) is 12.6. The number of nitrogen functional groups attached to an aromatic ring is 1. The topological polar surface area (TPSA) is 68.0 Å². The third kappa shape index (κ3) is 3.56. The number of benzene rings is 1. The fraction of sp³-hybridized carbons (Fsp3) is 0.0769. The molecule has 0 aliphatic rings. The Kier molecular flexibility index (Phi) is 3.94. The van der Waals surface area contributed by atoms with Gasteiger partial charge in [-0.1, -0.05) is 12.1 Å². The van der Waals surface area contributed by atoms with Gasteiger partial charge in [-0.25, -0.2) is 4.98 Å². The quantitative estimate of drug-likeness (QED) is 0.857. The van der Waals surface area contributed by atoms with Crippen molar-refractivity contribution in [2.24, 2.45) is 0 Å². The molecule has 0 bridgehead atoms. The van der Waals surface area contributed by atoms with E-state index in [0.29, 0.717) is 11.5 Å². The molecule has 2 rings (SSSR count). The standard InChI is InChI=1S/C13H12BrN3O/c14-10-4-5-12(16-8-10)17-13(18)7-9-2-1-3-11(15)6-9/h1-6,8H,7,15H2,(H,16,17,18). The van der Waals surface area contributed by atoms with E-state index in [9.17, 15) is 4.79 Å². The number of carbonyl (C=O) groups is 1. The Morgan fingerprint density at radius 1 is 1.33 bits per heavy atom. The van der Waals surface area contributed by atoms with Gasteiger partial charge in [0.25, 0.3) is 0 Å². The Hall–Kier alpha value is -1.88. The number of amides is 1. The fourth-order valence-electron chi connectivity index (χ4n) is 1.53. The lowest BCUT2D eigenvalue weighted by Crippen LogP contribution is -2.15. The summed E-state index contributed by atoms with van der Waals surface area (Å²) in [4.78, 5) is 15.8. The molecular weight excluding hydrogens is 294 g/mol. The summed E-state index contributed by atoms with van der Waals surface area (Å²) in [5.41, 5.74) is 7.19. The number of nitrogens with zero attached hydrogens (tertiary/aromatic N) is 1. The Bertz CT molecular complexity index is 554. The summed E-state index contributed by atoms with van der Waals surface area (Å²) >= 11 is 3.28. The van der Waals surface area contributed by atoms with Gasteiger partial charge in [0.05, 0.1) is 6.42 Å². The number of halogens is 1. The second-order valence-corrected chi connectivity index (χ2v) is 4.75. The first-order valence-corrected chi connectivity index (χ1v) is 6.18. The van der Waals surface area contributed by atoms with Crippen LogP contribution in [0.4, 0.5) is 11.5 Å². The normalized spacial score (nSPS) is 10.1. The molecule has 0 atom stereocenters. The van der Waals surface area contributed by atoms with Gasteiger partial charge in [0.2, 0.25) is 5.91 Å². The van der Waals surface area contributed by atoms with Crippen LogP contribution in [0.1, 0.15) is 5.56 Å². The highest BCUT2D eigenvalue weighted by Crippen LogP contribution is 2.12. The summed E-state index contributed by atoms with van der Waals surface area (Å²) in [6.45, 7) is 0. The predicted octanol–water partition coefficient (Wildman–Crippen LogP) is 2.61. The molecule has 5 heteroatoms. The molecule has 0 fully saturated rings. The van der Waals surface area contributed by atoms with Crippen molar-refractivity contribution < 1.29 is 4.79 Å². The maximum Gasteiger partial charge on any atom is 0.229 e. The molecule has 18 heavy (non-hydrogen) atoms. The number of carbonyl (C=O) groups excluding carboxylic acids is 1. The van der Waals surface area contributed by atoms with Crippen LogP contribution in [-0.4, -0.2) is 10.9 Å². The molecule has 0 aliphatic carbocycles. The first-order valence-electron chi connectivity index (χ1n) is 5.39. The van der Waals surface area contributed by atoms with Crippen molar-refractivity contribution in [3.63, 3.8) is 0 Å². The summed E-state index contributed by atoms with van der Waals surface area (Å²) in [6.07, 6.45) is 1.92. The van der Waals surface area contributed by atoms with Crippen molar-refractivity contribution in [1.29, 1.82) is 0 Å². The molecule has 92 valence electrons. The van der Waals surface area contributed by atoms with E-state index in [1.54, 1.807) is 24.4 Å². The molecule has 1 heterocycles. The highest BCUT2D eigenvalue weighted by Gasteiger charge is 2.05. The van der Waals surface area contributed by atoms with E-state index in [1.807, 2.05) is 18.2 Å². The van der Waals surface area contributed by atoms with E-state index in [2.05, 4.69) is 26.2 Å². The van der Waals surface area contributed by atoms with Crippen LogP contribution in [0.25, 0.3) is 0 Å². The first-order chi connectivity index (χ1) is 8.63. The van der Waals surface area contributed by atoms with Crippen LogP contribution >= 0.6 is 15.9 Å². The van der Waals surface area contributed by atoms with Gasteiger partial charge in [0, 0.05) is 16.4 Å². The van der Waals surface area contributed by atoms with Crippen molar-refractivity contribution in [2.75, 3.05) is 11.1 Å². The van der Waals surface area contributed by atoms with Gasteiger partial charge in [0.15, 0.2) is 0 Å². The Balaban J connectivity index is 1.98. The number of nitrogens with one attached hydrogen (secondary N) is 1. The molecule has 0 saturated heterocycles. The predicted molar refractivity (Wildman–Crippen MR) is 75.1 cm³/mol. The van der Waals surface area contributed by atoms with Crippen molar-refractivity contribution >= 4 is 33.3 Å². The van der Waals surface area contributed by atoms with E-state index in [0.717, 1.165) is 10.0 Å². The van der Waals surface area contributed by atoms with Crippen LogP contribution in [0.2, 0.25) is 0 Å². The number of nitrogens with two attached hydrogens (primary N) is 1. The van der Waals surface area contributed by atoms with Gasteiger partial charge >= 0.3 is 0 Å². The van der Waals surface area contributed by atoms with E-state index in [1.165, 1.54) is 0 Å². The van der Waals surface area contributed by atoms with Crippen molar-refractivity contribution in [2.45, 2.75) is 6.42 Å². The average molecular weight is 306 g/mol. The molecule has 2 aromatic rings. The number of anilines is 2. The van der Waals surface area contributed by atoms with Crippen LogP contribution in [0, 0.1) is 0 Å². The molecule has 1 aromatic heterocycles. The summed E-state index contributed by atoms with van der Waals surface area (Å²) in [5.74, 6) is 0.419. The lowest BCUT2D eigenvalue weighted by atomic mass is 10.1. The van der Waals surface area contributed by atoms with Gasteiger partial charge in [0.1, 0.15) is 5.82 Å². The average Bonchev–Trinajstić information content (AvgIpc) is 2.32. The zero-order valence-corrected chi connectivity index (χ0v) is 11.1. The minimum absolute atomic E-state index is 0.115. The molecule has 0 aliphatic heterocycles. The number of hydrogen-bond donors (Lipinski definition) is 2. The number of aromatic nitrogens is 1. The summed E-state index contributed by atoms with van der Waals surface area (Å²) in [6, 6.07) is 10.8. The molecule has 1 aromatic carbocycles. The van der Waals surface area contributed by atoms with Crippen LogP contribution in [0.3, 0.4) is 0 Å². The molecule has 4 nitrogen and oxygen atoms in total.